The molecule has 0 heterocycles. The zero-order chi connectivity index (χ0) is 15.7. The number of carboxylic acids is 1. The van der Waals surface area contributed by atoms with Gasteiger partial charge in [0.25, 0.3) is 0 Å². The molecule has 0 bridgehead atoms. The number of hydrogen-bond acceptors (Lipinski definition) is 3. The topological polar surface area (TPSA) is 78.4 Å². The van der Waals surface area contributed by atoms with Gasteiger partial charge in [0.05, 0.1) is 6.04 Å². The molecule has 0 saturated heterocycles. The predicted octanol–water partition coefficient (Wildman–Crippen LogP) is 3.02. The average Bonchev–Trinajstić information content (AvgIpc) is 2.44. The summed E-state index contributed by atoms with van der Waals surface area (Å²) >= 11 is 1.78. The van der Waals surface area contributed by atoms with Gasteiger partial charge in [0.15, 0.2) is 0 Å². The van der Waals surface area contributed by atoms with Gasteiger partial charge in [0.1, 0.15) is 0 Å². The number of carboxylic acid groups (broad SMARTS) is 1. The highest BCUT2D eigenvalue weighted by atomic mass is 32.2. The molecule has 1 aromatic rings. The van der Waals surface area contributed by atoms with Crippen molar-refractivity contribution in [3.05, 3.63) is 29.8 Å². The van der Waals surface area contributed by atoms with Crippen molar-refractivity contribution in [2.45, 2.75) is 37.6 Å². The third kappa shape index (κ3) is 7.04. The van der Waals surface area contributed by atoms with Crippen LogP contribution >= 0.6 is 11.8 Å². The zero-order valence-corrected chi connectivity index (χ0v) is 13.2. The molecule has 0 aliphatic rings. The number of rotatable bonds is 8. The van der Waals surface area contributed by atoms with Gasteiger partial charge in [-0.2, -0.15) is 0 Å². The highest BCUT2D eigenvalue weighted by molar-refractivity contribution is 7.99. The van der Waals surface area contributed by atoms with Crippen LogP contribution in [0.15, 0.2) is 29.2 Å². The Hall–Kier alpha value is -1.69. The van der Waals surface area contributed by atoms with Gasteiger partial charge in [0.2, 0.25) is 0 Å². The van der Waals surface area contributed by atoms with E-state index in [1.165, 1.54) is 4.90 Å². The number of urea groups is 1. The molecule has 1 rings (SSSR count). The zero-order valence-electron chi connectivity index (χ0n) is 12.4. The molecule has 3 N–H and O–H groups in total. The van der Waals surface area contributed by atoms with Gasteiger partial charge in [-0.1, -0.05) is 19.1 Å². The molecule has 6 heteroatoms. The van der Waals surface area contributed by atoms with Gasteiger partial charge >= 0.3 is 12.0 Å². The van der Waals surface area contributed by atoms with Crippen LogP contribution in [0.5, 0.6) is 0 Å². The summed E-state index contributed by atoms with van der Waals surface area (Å²) in [5, 5.41) is 14.0. The molecule has 1 atom stereocenters. The summed E-state index contributed by atoms with van der Waals surface area (Å²) in [4.78, 5) is 23.2. The van der Waals surface area contributed by atoms with Crippen LogP contribution in [0.1, 0.15) is 38.3 Å². The number of nitrogens with one attached hydrogen (secondary N) is 2. The van der Waals surface area contributed by atoms with E-state index in [1.54, 1.807) is 11.8 Å². The van der Waals surface area contributed by atoms with Crippen LogP contribution in [0.25, 0.3) is 0 Å². The molecule has 0 saturated carbocycles. The number of amides is 2. The summed E-state index contributed by atoms with van der Waals surface area (Å²) in [7, 11) is 0. The minimum Gasteiger partial charge on any atom is -0.481 e. The molecule has 1 unspecified atom stereocenters. The maximum atomic E-state index is 11.7. The number of thioether (sulfide) groups is 1. The molecular weight excluding hydrogens is 288 g/mol. The lowest BCUT2D eigenvalue weighted by Gasteiger charge is -2.15. The van der Waals surface area contributed by atoms with Gasteiger partial charge in [0, 0.05) is 17.9 Å². The Morgan fingerprint density at radius 2 is 1.95 bits per heavy atom. The molecule has 0 fully saturated rings. The van der Waals surface area contributed by atoms with Crippen molar-refractivity contribution in [1.29, 1.82) is 0 Å². The van der Waals surface area contributed by atoms with Gasteiger partial charge in [-0.15, -0.1) is 11.8 Å². The van der Waals surface area contributed by atoms with E-state index < -0.39 is 5.97 Å². The van der Waals surface area contributed by atoms with E-state index >= 15 is 0 Å². The SMILES string of the molecule is CCSc1ccc(C(C)NC(=O)NCCCC(=O)O)cc1. The maximum Gasteiger partial charge on any atom is 0.315 e. The van der Waals surface area contributed by atoms with Crippen molar-refractivity contribution in [3.8, 4) is 0 Å². The third-order valence-electron chi connectivity index (χ3n) is 2.89. The van der Waals surface area contributed by atoms with E-state index in [-0.39, 0.29) is 18.5 Å². The fourth-order valence-corrected chi connectivity index (χ4v) is 2.45. The van der Waals surface area contributed by atoms with Crippen molar-refractivity contribution >= 4 is 23.8 Å². The molecule has 1 aromatic carbocycles. The number of carbonyl (C=O) groups is 2. The van der Waals surface area contributed by atoms with Crippen LogP contribution < -0.4 is 10.6 Å². The van der Waals surface area contributed by atoms with Crippen molar-refractivity contribution in [1.82, 2.24) is 10.6 Å². The highest BCUT2D eigenvalue weighted by Crippen LogP contribution is 2.20. The van der Waals surface area contributed by atoms with Gasteiger partial charge < -0.3 is 15.7 Å². The van der Waals surface area contributed by atoms with Crippen molar-refractivity contribution in [2.24, 2.45) is 0 Å². The lowest BCUT2D eigenvalue weighted by molar-refractivity contribution is -0.137. The Balaban J connectivity index is 2.36. The van der Waals surface area contributed by atoms with Gasteiger partial charge in [-0.05, 0) is 36.8 Å². The molecule has 5 nitrogen and oxygen atoms in total. The van der Waals surface area contributed by atoms with E-state index in [2.05, 4.69) is 17.6 Å². The summed E-state index contributed by atoms with van der Waals surface area (Å²) in [6.45, 7) is 4.38. The van der Waals surface area contributed by atoms with E-state index in [0.29, 0.717) is 13.0 Å². The lowest BCUT2D eigenvalue weighted by atomic mass is 10.1. The van der Waals surface area contributed by atoms with E-state index in [1.807, 2.05) is 31.2 Å². The minimum atomic E-state index is -0.851. The van der Waals surface area contributed by atoms with E-state index in [9.17, 15) is 9.59 Å². The van der Waals surface area contributed by atoms with Crippen LogP contribution in [0.4, 0.5) is 4.79 Å². The summed E-state index contributed by atoms with van der Waals surface area (Å²) in [6.07, 6.45) is 0.493. The van der Waals surface area contributed by atoms with E-state index in [0.717, 1.165) is 11.3 Å². The van der Waals surface area contributed by atoms with Crippen LogP contribution in [-0.2, 0) is 4.79 Å². The second-order valence-corrected chi connectivity index (χ2v) is 5.96. The largest absolute Gasteiger partial charge is 0.481 e. The standard InChI is InChI=1S/C15H22N2O3S/c1-3-21-13-8-6-12(7-9-13)11(2)17-15(20)16-10-4-5-14(18)19/h6-9,11H,3-5,10H2,1-2H3,(H,18,19)(H2,16,17,20). The smallest absolute Gasteiger partial charge is 0.315 e. The second-order valence-electron chi connectivity index (χ2n) is 4.62. The molecule has 21 heavy (non-hydrogen) atoms. The summed E-state index contributed by atoms with van der Waals surface area (Å²) in [5.41, 5.74) is 1.04. The predicted molar refractivity (Wildman–Crippen MR) is 84.7 cm³/mol. The normalized spacial score (nSPS) is 11.7. The highest BCUT2D eigenvalue weighted by Gasteiger charge is 2.09. The molecular formula is C15H22N2O3S. The minimum absolute atomic E-state index is 0.0619. The molecule has 0 aliphatic heterocycles. The van der Waals surface area contributed by atoms with Crippen LogP contribution in [0.3, 0.4) is 0 Å². The molecule has 116 valence electrons. The first-order valence-electron chi connectivity index (χ1n) is 7.01. The Kier molecular flexibility index (Phi) is 7.68. The molecule has 0 aromatic heterocycles. The van der Waals surface area contributed by atoms with Crippen molar-refractivity contribution in [2.75, 3.05) is 12.3 Å². The first-order chi connectivity index (χ1) is 10.0. The van der Waals surface area contributed by atoms with Crippen LogP contribution in [0, 0.1) is 0 Å². The second kappa shape index (κ2) is 9.28. The molecule has 2 amide bonds. The quantitative estimate of drug-likeness (QED) is 0.509. The van der Waals surface area contributed by atoms with Gasteiger partial charge in [-0.25, -0.2) is 4.79 Å². The van der Waals surface area contributed by atoms with E-state index in [4.69, 9.17) is 5.11 Å². The fourth-order valence-electron chi connectivity index (χ4n) is 1.79. The summed E-state index contributed by atoms with van der Waals surface area (Å²) in [5.74, 6) is 0.182. The Labute approximate surface area is 129 Å². The average molecular weight is 310 g/mol. The molecule has 0 aliphatic carbocycles. The number of benzene rings is 1. The van der Waals surface area contributed by atoms with Crippen LogP contribution in [-0.4, -0.2) is 29.4 Å². The third-order valence-corrected chi connectivity index (χ3v) is 3.79. The number of hydrogen-bond donors (Lipinski definition) is 3. The first kappa shape index (κ1) is 17.4. The number of aliphatic carboxylic acids is 1. The lowest BCUT2D eigenvalue weighted by Crippen LogP contribution is -2.37. The monoisotopic (exact) mass is 310 g/mol. The number of carbonyl (C=O) groups excluding carboxylic acids is 1. The summed E-state index contributed by atoms with van der Waals surface area (Å²) < 4.78 is 0. The Morgan fingerprint density at radius 3 is 2.52 bits per heavy atom. The first-order valence-corrected chi connectivity index (χ1v) is 8.00. The Morgan fingerprint density at radius 1 is 1.29 bits per heavy atom. The Bertz CT molecular complexity index is 462. The van der Waals surface area contributed by atoms with Gasteiger partial charge in [-0.3, -0.25) is 4.79 Å². The fraction of sp³-hybridized carbons (Fsp3) is 0.467. The van der Waals surface area contributed by atoms with Crippen LogP contribution in [0.2, 0.25) is 0 Å². The molecule has 0 radical (unpaired) electrons. The van der Waals surface area contributed by atoms with Crippen molar-refractivity contribution < 1.29 is 14.7 Å². The van der Waals surface area contributed by atoms with Crippen molar-refractivity contribution in [3.63, 3.8) is 0 Å². The molecule has 0 spiro atoms. The summed E-state index contributed by atoms with van der Waals surface area (Å²) in [6, 6.07) is 7.74. The maximum absolute atomic E-state index is 11.7.